The zero-order valence-corrected chi connectivity index (χ0v) is 24.0. The molecule has 2 heterocycles. The van der Waals surface area contributed by atoms with Gasteiger partial charge in [-0.3, -0.25) is 9.59 Å². The maximum atomic E-state index is 12.2. The summed E-state index contributed by atoms with van der Waals surface area (Å²) in [7, 11) is 0. The van der Waals surface area contributed by atoms with Crippen molar-refractivity contribution < 1.29 is 28.9 Å². The summed E-state index contributed by atoms with van der Waals surface area (Å²) in [4.78, 5) is 25.9. The second kappa shape index (κ2) is 14.7. The minimum atomic E-state index is -0.836. The Morgan fingerprint density at radius 2 is 1.55 bits per heavy atom. The van der Waals surface area contributed by atoms with Crippen LogP contribution in [0.1, 0.15) is 87.5 Å². The number of hydrogen-bond acceptors (Lipinski definition) is 7. The highest BCUT2D eigenvalue weighted by atomic mass is 16.7. The summed E-state index contributed by atoms with van der Waals surface area (Å²) >= 11 is 0. The second-order valence-corrected chi connectivity index (χ2v) is 11.1. The van der Waals surface area contributed by atoms with E-state index in [0.29, 0.717) is 6.54 Å². The maximum absolute atomic E-state index is 12.2. The number of ether oxygens (including phenoxy) is 3. The number of hydrogen-bond donors (Lipinski definition) is 2. The first-order chi connectivity index (χ1) is 19.3. The molecule has 0 spiro atoms. The number of rotatable bonds is 9. The minimum Gasteiger partial charge on any atom is -0.453 e. The average Bonchev–Trinajstić information content (AvgIpc) is 2.94. The number of aliphatic hydroxyl groups is 1. The largest absolute Gasteiger partial charge is 0.453 e. The number of nitrogens with one attached hydrogen (secondary N) is 1. The molecule has 2 saturated heterocycles. The number of likely N-dealkylation sites (tertiary alicyclic amines) is 1. The summed E-state index contributed by atoms with van der Waals surface area (Å²) in [6.45, 7) is 8.46. The Balaban J connectivity index is 1.47. The van der Waals surface area contributed by atoms with Gasteiger partial charge in [0.2, 0.25) is 0 Å². The van der Waals surface area contributed by atoms with E-state index in [1.54, 1.807) is 6.92 Å². The lowest BCUT2D eigenvalue weighted by Crippen LogP contribution is -2.45. The van der Waals surface area contributed by atoms with Gasteiger partial charge in [-0.1, -0.05) is 74.7 Å². The third-order valence-corrected chi connectivity index (χ3v) is 7.94. The van der Waals surface area contributed by atoms with Crippen molar-refractivity contribution in [3.63, 3.8) is 0 Å². The van der Waals surface area contributed by atoms with Gasteiger partial charge in [-0.25, -0.2) is 0 Å². The van der Waals surface area contributed by atoms with Gasteiger partial charge in [-0.05, 0) is 49.5 Å². The van der Waals surface area contributed by atoms with Gasteiger partial charge < -0.3 is 29.5 Å². The summed E-state index contributed by atoms with van der Waals surface area (Å²) in [6.07, 6.45) is 4.86. The molecule has 1 amide bonds. The van der Waals surface area contributed by atoms with Crippen LogP contribution in [0.4, 0.5) is 0 Å². The zero-order valence-electron chi connectivity index (χ0n) is 24.0. The molecular weight excluding hydrogens is 508 g/mol. The molecule has 2 aromatic carbocycles. The Labute approximate surface area is 238 Å². The molecule has 1 unspecified atom stereocenters. The molecule has 0 aromatic heterocycles. The zero-order chi connectivity index (χ0) is 28.5. The number of esters is 1. The van der Waals surface area contributed by atoms with E-state index in [9.17, 15) is 14.7 Å². The normalized spacial score (nSPS) is 24.9. The van der Waals surface area contributed by atoms with Crippen molar-refractivity contribution in [2.24, 2.45) is 5.92 Å². The smallest absolute Gasteiger partial charge is 0.303 e. The number of carbonyl (C=O) groups excluding carboxylic acids is 2. The lowest BCUT2D eigenvalue weighted by Gasteiger charge is -2.43. The number of benzene rings is 2. The van der Waals surface area contributed by atoms with Crippen LogP contribution in [-0.2, 0) is 37.0 Å². The summed E-state index contributed by atoms with van der Waals surface area (Å²) in [5.74, 6) is -0.675. The molecule has 40 heavy (non-hydrogen) atoms. The fourth-order valence-corrected chi connectivity index (χ4v) is 5.51. The maximum Gasteiger partial charge on any atom is 0.303 e. The molecular formula is C32H44N2O6. The molecule has 0 aliphatic carbocycles. The predicted molar refractivity (Wildman–Crippen MR) is 152 cm³/mol. The molecule has 0 bridgehead atoms. The van der Waals surface area contributed by atoms with Crippen molar-refractivity contribution in [2.45, 2.75) is 90.6 Å². The molecule has 5 atom stereocenters. The Bertz CT molecular complexity index is 1080. The average molecular weight is 553 g/mol. The minimum absolute atomic E-state index is 0.00224. The van der Waals surface area contributed by atoms with E-state index in [2.05, 4.69) is 17.1 Å². The van der Waals surface area contributed by atoms with E-state index in [-0.39, 0.29) is 30.6 Å². The topological polar surface area (TPSA) is 97.3 Å². The molecule has 218 valence electrons. The first kappa shape index (κ1) is 30.2. The van der Waals surface area contributed by atoms with E-state index in [4.69, 9.17) is 14.2 Å². The summed E-state index contributed by atoms with van der Waals surface area (Å²) in [5.41, 5.74) is 3.80. The molecule has 0 saturated carbocycles. The lowest BCUT2D eigenvalue weighted by atomic mass is 9.89. The van der Waals surface area contributed by atoms with Gasteiger partial charge in [-0.2, -0.15) is 0 Å². The fourth-order valence-electron chi connectivity index (χ4n) is 5.51. The van der Waals surface area contributed by atoms with Gasteiger partial charge in [0.15, 0.2) is 12.4 Å². The Hall–Kier alpha value is -2.78. The molecule has 2 aliphatic heterocycles. The van der Waals surface area contributed by atoms with Crippen molar-refractivity contribution in [3.05, 3.63) is 70.8 Å². The van der Waals surface area contributed by atoms with E-state index in [0.717, 1.165) is 41.9 Å². The second-order valence-electron chi connectivity index (χ2n) is 11.1. The van der Waals surface area contributed by atoms with Crippen LogP contribution < -0.4 is 5.32 Å². The molecule has 2 fully saturated rings. The van der Waals surface area contributed by atoms with E-state index >= 15 is 0 Å². The molecule has 8 nitrogen and oxygen atoms in total. The van der Waals surface area contributed by atoms with E-state index < -0.39 is 18.4 Å². The number of amides is 1. The van der Waals surface area contributed by atoms with Crippen molar-refractivity contribution in [2.75, 3.05) is 19.6 Å². The number of nitrogens with zero attached hydrogens (tertiary/aromatic N) is 1. The van der Waals surface area contributed by atoms with Crippen LogP contribution in [0.5, 0.6) is 0 Å². The predicted octanol–water partition coefficient (Wildman–Crippen LogP) is 4.80. The van der Waals surface area contributed by atoms with Gasteiger partial charge in [0.05, 0.1) is 18.8 Å². The molecule has 2 N–H and O–H groups in total. The van der Waals surface area contributed by atoms with Crippen molar-refractivity contribution in [1.82, 2.24) is 10.2 Å². The molecule has 0 radical (unpaired) electrons. The van der Waals surface area contributed by atoms with Crippen LogP contribution >= 0.6 is 0 Å². The Morgan fingerprint density at radius 3 is 2.17 bits per heavy atom. The van der Waals surface area contributed by atoms with Gasteiger partial charge >= 0.3 is 5.97 Å². The first-order valence-corrected chi connectivity index (χ1v) is 14.6. The van der Waals surface area contributed by atoms with Crippen LogP contribution in [0.15, 0.2) is 48.5 Å². The quantitative estimate of drug-likeness (QED) is 0.431. The van der Waals surface area contributed by atoms with Crippen LogP contribution in [-0.4, -0.2) is 53.7 Å². The first-order valence-electron chi connectivity index (χ1n) is 14.6. The molecule has 2 aromatic rings. The number of aliphatic hydroxyl groups excluding tert-OH is 1. The van der Waals surface area contributed by atoms with Gasteiger partial charge in [0, 0.05) is 31.5 Å². The third kappa shape index (κ3) is 8.36. The molecule has 2 aliphatic rings. The van der Waals surface area contributed by atoms with Crippen LogP contribution in [0, 0.1) is 5.92 Å². The standard InChI is InChI=1S/C32H44N2O6/c1-22-29(20-34-17-7-5-4-6-8-18-34)39-32(40-30(22)27-13-11-26(21-35)12-14-27)28-15-9-25(10-16-28)19-33-31(37)23(2)38-24(3)36/h9-16,22-23,29-30,32,35H,4-8,17-21H2,1-3H3,(H,33,37)/t22-,23-,29+,30+,32?/m0/s1. The Morgan fingerprint density at radius 1 is 0.950 bits per heavy atom. The van der Waals surface area contributed by atoms with Crippen LogP contribution in [0.3, 0.4) is 0 Å². The summed E-state index contributed by atoms with van der Waals surface area (Å²) in [6, 6.07) is 15.9. The van der Waals surface area contributed by atoms with E-state index in [1.807, 2.05) is 48.5 Å². The molecule has 4 rings (SSSR count). The third-order valence-electron chi connectivity index (χ3n) is 7.94. The summed E-state index contributed by atoms with van der Waals surface area (Å²) < 4.78 is 18.2. The van der Waals surface area contributed by atoms with Crippen LogP contribution in [0.2, 0.25) is 0 Å². The SMILES string of the molecule is CC(=O)O[C@@H](C)C(=O)NCc1ccc(C2O[C@H](CN3CCCCCCC3)[C@H](C)[C@H](c3ccc(CO)cc3)O2)cc1. The lowest BCUT2D eigenvalue weighted by molar-refractivity contribution is -0.276. The number of carbonyl (C=O) groups is 2. The highest BCUT2D eigenvalue weighted by molar-refractivity contribution is 5.82. The van der Waals surface area contributed by atoms with E-state index in [1.165, 1.54) is 39.0 Å². The van der Waals surface area contributed by atoms with Gasteiger partial charge in [0.25, 0.3) is 5.91 Å². The van der Waals surface area contributed by atoms with Crippen LogP contribution in [0.25, 0.3) is 0 Å². The van der Waals surface area contributed by atoms with Crippen molar-refractivity contribution in [3.8, 4) is 0 Å². The van der Waals surface area contributed by atoms with Crippen molar-refractivity contribution in [1.29, 1.82) is 0 Å². The Kier molecular flexibility index (Phi) is 11.1. The highest BCUT2D eigenvalue weighted by Crippen LogP contribution is 2.42. The summed E-state index contributed by atoms with van der Waals surface area (Å²) in [5, 5.41) is 12.3. The van der Waals surface area contributed by atoms with Gasteiger partial charge in [0.1, 0.15) is 0 Å². The van der Waals surface area contributed by atoms with Gasteiger partial charge in [-0.15, -0.1) is 0 Å². The van der Waals surface area contributed by atoms with Crippen molar-refractivity contribution >= 4 is 11.9 Å². The fraction of sp³-hybridized carbons (Fsp3) is 0.562. The highest BCUT2D eigenvalue weighted by Gasteiger charge is 2.39. The molecule has 8 heteroatoms. The monoisotopic (exact) mass is 552 g/mol.